The fraction of sp³-hybridized carbons (Fsp3) is 0.750. The third-order valence-electron chi connectivity index (χ3n) is 0.339. The number of nitrogens with one attached hydrogen (secondary N) is 1. The summed E-state index contributed by atoms with van der Waals surface area (Å²) in [6, 6.07) is 0. The summed E-state index contributed by atoms with van der Waals surface area (Å²) in [5.74, 6) is 0. The third-order valence-corrected chi connectivity index (χ3v) is 0.339. The molecule has 0 aromatic heterocycles. The highest BCUT2D eigenvalue weighted by atomic mass is 16.3. The lowest BCUT2D eigenvalue weighted by molar-refractivity contribution is -0.109. The molecule has 0 spiro atoms. The van der Waals surface area contributed by atoms with Crippen LogP contribution in [-0.4, -0.2) is 31.7 Å². The maximum atomic E-state index is 9.34. The molecule has 0 bridgehead atoms. The van der Waals surface area contributed by atoms with Crippen molar-refractivity contribution in [3.63, 3.8) is 0 Å². The first-order valence-electron chi connectivity index (χ1n) is 2.27. The van der Waals surface area contributed by atoms with Crippen molar-refractivity contribution >= 4 is 6.41 Å². The number of aliphatic hydroxyl groups excluding tert-OH is 1. The molecule has 0 saturated carbocycles. The van der Waals surface area contributed by atoms with Gasteiger partial charge in [-0.25, -0.2) is 0 Å². The molecule has 50 valence electrons. The molecule has 0 fully saturated rings. The molecular weight excluding hydrogens is 108 g/mol. The Labute approximate surface area is 48.7 Å². The summed E-state index contributed by atoms with van der Waals surface area (Å²) < 4.78 is 0. The summed E-state index contributed by atoms with van der Waals surface area (Å²) in [6.45, 7) is 0.363. The van der Waals surface area contributed by atoms with E-state index in [0.717, 1.165) is 0 Å². The summed E-state index contributed by atoms with van der Waals surface area (Å²) in [7, 11) is 1.50. The van der Waals surface area contributed by atoms with Crippen LogP contribution in [-0.2, 0) is 4.79 Å². The molecule has 0 aliphatic rings. The molecule has 0 saturated heterocycles. The smallest absolute Gasteiger partial charge is 0.207 e. The second-order valence-electron chi connectivity index (χ2n) is 0.796. The Kier molecular flexibility index (Phi) is 21.0. The monoisotopic (exact) mass is 120 g/mol. The van der Waals surface area contributed by atoms with Gasteiger partial charge in [-0.05, 0) is 7.05 Å². The minimum absolute atomic E-state index is 0.0126. The zero-order valence-electron chi connectivity index (χ0n) is 4.92. The van der Waals surface area contributed by atoms with E-state index >= 15 is 0 Å². The van der Waals surface area contributed by atoms with E-state index in [1.54, 1.807) is 0 Å². The van der Waals surface area contributed by atoms with Gasteiger partial charge in [-0.15, -0.1) is 0 Å². The molecule has 0 heterocycles. The van der Waals surface area contributed by atoms with Crippen LogP contribution in [0.4, 0.5) is 0 Å². The molecule has 8 heavy (non-hydrogen) atoms. The van der Waals surface area contributed by atoms with Gasteiger partial charge in [-0.1, -0.05) is 0 Å². The quantitative estimate of drug-likeness (QED) is 0.307. The van der Waals surface area contributed by atoms with Crippen molar-refractivity contribution in [1.82, 2.24) is 5.32 Å². The second-order valence-corrected chi connectivity index (χ2v) is 0.796. The first kappa shape index (κ1) is 10.4. The molecule has 0 aromatic rings. The Bertz CT molecular complexity index is 41.0. The second kappa shape index (κ2) is 16.2. The number of carbonyl (C=O) groups excluding carboxylic acids is 1. The lowest BCUT2D eigenvalue weighted by Crippen LogP contribution is -2.14. The van der Waals surface area contributed by atoms with E-state index in [0.29, 0.717) is 13.0 Å². The molecule has 4 heteroatoms. The summed E-state index contributed by atoms with van der Waals surface area (Å²) in [5.41, 5.74) is 4.50. The van der Waals surface area contributed by atoms with Crippen LogP contribution < -0.4 is 11.1 Å². The Morgan fingerprint density at radius 3 is 2.38 bits per heavy atom. The van der Waals surface area contributed by atoms with Crippen LogP contribution in [0.3, 0.4) is 0 Å². The lowest BCUT2D eigenvalue weighted by atomic mass is 10.7. The van der Waals surface area contributed by atoms with E-state index in [1.807, 2.05) is 0 Å². The van der Waals surface area contributed by atoms with Gasteiger partial charge < -0.3 is 16.2 Å². The van der Waals surface area contributed by atoms with E-state index in [2.05, 4.69) is 11.1 Å². The van der Waals surface area contributed by atoms with Crippen LogP contribution in [0.2, 0.25) is 0 Å². The third kappa shape index (κ3) is 18.2. The number of carbonyl (C=O) groups is 1. The van der Waals surface area contributed by atoms with Gasteiger partial charge in [-0.3, -0.25) is 4.79 Å². The van der Waals surface area contributed by atoms with Gasteiger partial charge in [0.15, 0.2) is 0 Å². The van der Waals surface area contributed by atoms with Gasteiger partial charge in [0, 0.05) is 6.54 Å². The van der Waals surface area contributed by atoms with E-state index in [-0.39, 0.29) is 6.61 Å². The molecular formula is C4H12N2O2. The summed E-state index contributed by atoms with van der Waals surface area (Å²) in [5, 5.41) is 10.2. The predicted octanol–water partition coefficient (Wildman–Crippen LogP) is -1.70. The number of rotatable bonds is 3. The molecule has 4 N–H and O–H groups in total. The molecule has 0 rings (SSSR count). The maximum Gasteiger partial charge on any atom is 0.207 e. The average molecular weight is 120 g/mol. The van der Waals surface area contributed by atoms with E-state index < -0.39 is 0 Å². The van der Waals surface area contributed by atoms with Gasteiger partial charge in [0.05, 0.1) is 6.61 Å². The van der Waals surface area contributed by atoms with Crippen LogP contribution in [0.25, 0.3) is 0 Å². The fourth-order valence-electron chi connectivity index (χ4n) is 0.123. The lowest BCUT2D eigenvalue weighted by Gasteiger charge is -1.85. The fourth-order valence-corrected chi connectivity index (χ4v) is 0.123. The van der Waals surface area contributed by atoms with Gasteiger partial charge in [0.2, 0.25) is 6.41 Å². The Morgan fingerprint density at radius 1 is 1.75 bits per heavy atom. The predicted molar refractivity (Wildman–Crippen MR) is 31.3 cm³/mol. The van der Waals surface area contributed by atoms with Crippen molar-refractivity contribution in [2.45, 2.75) is 0 Å². The number of nitrogens with two attached hydrogens (primary N) is 1. The van der Waals surface area contributed by atoms with Crippen molar-refractivity contribution in [1.29, 1.82) is 0 Å². The molecule has 0 unspecified atom stereocenters. The Balaban J connectivity index is 0. The van der Waals surface area contributed by atoms with Crippen molar-refractivity contribution in [2.24, 2.45) is 5.73 Å². The molecule has 0 aliphatic carbocycles. The normalized spacial score (nSPS) is 6.38. The Hall–Kier alpha value is -0.610. The highest BCUT2D eigenvalue weighted by molar-refractivity contribution is 5.45. The number of amides is 1. The molecule has 0 aliphatic heterocycles. The molecule has 1 amide bonds. The van der Waals surface area contributed by atoms with Crippen LogP contribution >= 0.6 is 0 Å². The molecule has 0 aromatic carbocycles. The SMILES string of the molecule is CN.O=CNCCO. The minimum Gasteiger partial charge on any atom is -0.395 e. The minimum atomic E-state index is 0.0126. The van der Waals surface area contributed by atoms with Gasteiger partial charge in [0.25, 0.3) is 0 Å². The van der Waals surface area contributed by atoms with Crippen LogP contribution in [0.15, 0.2) is 0 Å². The number of aliphatic hydroxyl groups is 1. The van der Waals surface area contributed by atoms with Crippen LogP contribution in [0.5, 0.6) is 0 Å². The summed E-state index contributed by atoms with van der Waals surface area (Å²) in [6.07, 6.45) is 0.552. The van der Waals surface area contributed by atoms with Gasteiger partial charge >= 0.3 is 0 Å². The molecule has 4 nitrogen and oxygen atoms in total. The van der Waals surface area contributed by atoms with E-state index in [9.17, 15) is 4.79 Å². The molecule has 0 atom stereocenters. The van der Waals surface area contributed by atoms with Crippen LogP contribution in [0.1, 0.15) is 0 Å². The van der Waals surface area contributed by atoms with Crippen molar-refractivity contribution in [3.05, 3.63) is 0 Å². The number of hydrogen-bond acceptors (Lipinski definition) is 3. The standard InChI is InChI=1S/C3H7NO2.CH5N/c5-2-1-4-3-6;1-2/h3,5H,1-2H2,(H,4,6);2H2,1H3. The summed E-state index contributed by atoms with van der Waals surface area (Å²) >= 11 is 0. The van der Waals surface area contributed by atoms with Crippen LogP contribution in [0, 0.1) is 0 Å². The van der Waals surface area contributed by atoms with E-state index in [1.165, 1.54) is 7.05 Å². The van der Waals surface area contributed by atoms with Crippen molar-refractivity contribution < 1.29 is 9.90 Å². The van der Waals surface area contributed by atoms with Gasteiger partial charge in [0.1, 0.15) is 0 Å². The summed E-state index contributed by atoms with van der Waals surface area (Å²) in [4.78, 5) is 9.34. The van der Waals surface area contributed by atoms with Crippen molar-refractivity contribution in [2.75, 3.05) is 20.2 Å². The zero-order chi connectivity index (χ0) is 6.83. The Morgan fingerprint density at radius 2 is 2.25 bits per heavy atom. The first-order chi connectivity index (χ1) is 3.91. The highest BCUT2D eigenvalue weighted by Gasteiger charge is 1.70. The largest absolute Gasteiger partial charge is 0.395 e. The number of hydrogen-bond donors (Lipinski definition) is 3. The topological polar surface area (TPSA) is 75.4 Å². The van der Waals surface area contributed by atoms with E-state index in [4.69, 9.17) is 5.11 Å². The van der Waals surface area contributed by atoms with Gasteiger partial charge in [-0.2, -0.15) is 0 Å². The van der Waals surface area contributed by atoms with Crippen molar-refractivity contribution in [3.8, 4) is 0 Å². The first-order valence-corrected chi connectivity index (χ1v) is 2.27. The maximum absolute atomic E-state index is 9.34. The zero-order valence-corrected chi connectivity index (χ0v) is 4.92. The highest BCUT2D eigenvalue weighted by Crippen LogP contribution is 1.44. The molecule has 0 radical (unpaired) electrons. The average Bonchev–Trinajstić information content (AvgIpc) is 1.88.